The van der Waals surface area contributed by atoms with E-state index in [1.807, 2.05) is 0 Å². The topological polar surface area (TPSA) is 29.5 Å². The first-order chi connectivity index (χ1) is 2.41. The standard InChI is InChI=1S/Cl2O.H2O.Zr/c1-3-2;;/h;1H2;/q;;+1/p-1. The van der Waals surface area contributed by atoms with Gasteiger partial charge >= 0.3 is 28.3 Å². The molecule has 0 atom stereocenters. The van der Waals surface area contributed by atoms with Crippen molar-refractivity contribution in [2.75, 3.05) is 0 Å². The van der Waals surface area contributed by atoms with E-state index in [9.17, 15) is 0 Å². The van der Waals surface area contributed by atoms with Crippen LogP contribution in [0.1, 0.15) is 0 Å². The number of hydrogen-bond donors (Lipinski definition) is 1. The van der Waals surface area contributed by atoms with Crippen LogP contribution in [0.3, 0.4) is 0 Å². The van der Waals surface area contributed by atoms with E-state index in [1.54, 1.807) is 0 Å². The van der Waals surface area contributed by atoms with Gasteiger partial charge in [-0.15, -0.1) is 0 Å². The van der Waals surface area contributed by atoms with Crippen LogP contribution in [0.4, 0.5) is 0 Å². The van der Waals surface area contributed by atoms with Crippen LogP contribution in [0.15, 0.2) is 0 Å². The molecule has 0 aromatic rings. The van der Waals surface area contributed by atoms with E-state index < -0.39 is 0 Å². The zero-order valence-corrected chi connectivity index (χ0v) is 6.08. The van der Waals surface area contributed by atoms with Crippen molar-refractivity contribution in [2.45, 2.75) is 0 Å². The van der Waals surface area contributed by atoms with Crippen LogP contribution in [0, 0.1) is 0 Å². The van der Waals surface area contributed by atoms with Gasteiger partial charge in [-0.05, 0) is 0 Å². The van der Waals surface area contributed by atoms with Gasteiger partial charge in [-0.1, -0.05) is 0 Å². The third-order valence-corrected chi connectivity index (χ3v) is 0. The second-order valence-electron chi connectivity index (χ2n) is 0.0583. The van der Waals surface area contributed by atoms with Gasteiger partial charge in [0, 0.05) is 0 Å². The Morgan fingerprint density at radius 3 is 1.40 bits per heavy atom. The van der Waals surface area contributed by atoms with Gasteiger partial charge < -0.3 is 0 Å². The monoisotopic (exact) mass is 193 g/mol. The van der Waals surface area contributed by atoms with Crippen molar-refractivity contribution in [3.63, 3.8) is 0 Å². The van der Waals surface area contributed by atoms with Gasteiger partial charge in [0.25, 0.3) is 0 Å². The summed E-state index contributed by atoms with van der Waals surface area (Å²) in [6, 6.07) is 0. The molecule has 0 rings (SSSR count). The molecule has 0 saturated carbocycles. The van der Waals surface area contributed by atoms with Crippen molar-refractivity contribution in [2.24, 2.45) is 0 Å². The molecule has 0 amide bonds. The van der Waals surface area contributed by atoms with Gasteiger partial charge in [0.1, 0.15) is 0 Å². The molecule has 0 aliphatic carbocycles. The van der Waals surface area contributed by atoms with E-state index in [0.717, 1.165) is 0 Å². The van der Waals surface area contributed by atoms with Crippen molar-refractivity contribution in [3.8, 4) is 0 Å². The van der Waals surface area contributed by atoms with Crippen LogP contribution in [-0.4, -0.2) is 3.18 Å². The number of hydrogen-bond acceptors (Lipinski definition) is 2. The first kappa shape index (κ1) is 9.63. The van der Waals surface area contributed by atoms with Crippen LogP contribution >= 0.6 is 23.7 Å². The quantitative estimate of drug-likeness (QED) is 0.618. The molecular weight excluding hydrogens is 194 g/mol. The maximum absolute atomic E-state index is 7.09. The van der Waals surface area contributed by atoms with E-state index in [1.165, 1.54) is 0 Å². The molecule has 0 saturated heterocycles. The van der Waals surface area contributed by atoms with E-state index in [4.69, 9.17) is 3.18 Å². The van der Waals surface area contributed by atoms with Gasteiger partial charge in [-0.3, -0.25) is 0 Å². The summed E-state index contributed by atoms with van der Waals surface area (Å²) in [7, 11) is 0. The molecule has 5 heavy (non-hydrogen) atoms. The van der Waals surface area contributed by atoms with Crippen LogP contribution in [0.5, 0.6) is 0 Å². The molecule has 1 N–H and O–H groups in total. The van der Waals surface area contributed by atoms with Gasteiger partial charge in [0.2, 0.25) is 0 Å². The molecule has 31 valence electrons. The Bertz CT molecular complexity index is 7.61. The molecule has 0 unspecified atom stereocenters. The Hall–Kier alpha value is 1.38. The van der Waals surface area contributed by atoms with E-state index in [0.29, 0.717) is 25.2 Å². The zero-order valence-electron chi connectivity index (χ0n) is 2.11. The molecule has 0 aromatic carbocycles. The van der Waals surface area contributed by atoms with E-state index >= 15 is 0 Å². The molecule has 0 fully saturated rings. The Morgan fingerprint density at radius 2 is 1.40 bits per heavy atom. The minimum absolute atomic E-state index is 0.550. The molecular formula is HCl2O2Zr. The summed E-state index contributed by atoms with van der Waals surface area (Å²) in [6.45, 7) is 0. The molecule has 0 aliphatic heterocycles. The zero-order chi connectivity index (χ0) is 4.71. The van der Waals surface area contributed by atoms with E-state index in [2.05, 4.69) is 27.6 Å². The minimum atomic E-state index is 0.550. The second kappa shape index (κ2) is 18.2. The summed E-state index contributed by atoms with van der Waals surface area (Å²) in [5.74, 6) is 0. The first-order valence-electron chi connectivity index (χ1n) is 0.532. The summed E-state index contributed by atoms with van der Waals surface area (Å²) < 4.78 is 10.3. The van der Waals surface area contributed by atoms with Crippen molar-refractivity contribution in [3.05, 3.63) is 0 Å². The SMILES string of the molecule is ClOCl.[OH][Zr]. The van der Waals surface area contributed by atoms with Gasteiger partial charge in [0.15, 0.2) is 0 Å². The summed E-state index contributed by atoms with van der Waals surface area (Å²) in [4.78, 5) is 0. The molecule has 0 bridgehead atoms. The molecule has 0 aliphatic rings. The summed E-state index contributed by atoms with van der Waals surface area (Å²) >= 11 is 9.08. The van der Waals surface area contributed by atoms with Crippen molar-refractivity contribution >= 4 is 23.7 Å². The third-order valence-electron chi connectivity index (χ3n) is 0. The summed E-state index contributed by atoms with van der Waals surface area (Å²) in [6.07, 6.45) is 0. The third kappa shape index (κ3) is 32.2. The predicted octanol–water partition coefficient (Wildman–Crippen LogP) is 0.751. The summed E-state index contributed by atoms with van der Waals surface area (Å²) in [5.41, 5.74) is 0. The molecule has 0 radical (unpaired) electrons. The first-order valence-corrected chi connectivity index (χ1v) is 2.25. The number of rotatable bonds is 0. The fourth-order valence-corrected chi connectivity index (χ4v) is 0. The van der Waals surface area contributed by atoms with Gasteiger partial charge in [-0.25, -0.2) is 0 Å². The molecule has 5 heteroatoms. The van der Waals surface area contributed by atoms with Crippen LogP contribution in [-0.2, 0) is 29.0 Å². The van der Waals surface area contributed by atoms with Crippen molar-refractivity contribution < 1.29 is 32.2 Å². The number of halogens is 2. The van der Waals surface area contributed by atoms with Crippen LogP contribution < -0.4 is 0 Å². The van der Waals surface area contributed by atoms with Gasteiger partial charge in [0.05, 0.1) is 23.7 Å². The molecule has 0 aromatic heterocycles. The van der Waals surface area contributed by atoms with E-state index in [-0.39, 0.29) is 0 Å². The molecule has 0 spiro atoms. The predicted molar refractivity (Wildman–Crippen MR) is 15.0 cm³/mol. The average Bonchev–Trinajstić information content (AvgIpc) is 1.46. The van der Waals surface area contributed by atoms with Crippen LogP contribution in [0.25, 0.3) is 0 Å². The Balaban J connectivity index is 0. The fourth-order valence-electron chi connectivity index (χ4n) is 0. The molecule has 2 nitrogen and oxygen atoms in total. The Kier molecular flexibility index (Phi) is 35.1. The average molecular weight is 195 g/mol. The molecule has 0 heterocycles. The Morgan fingerprint density at radius 1 is 1.40 bits per heavy atom. The summed E-state index contributed by atoms with van der Waals surface area (Å²) in [5, 5.41) is 0. The normalized spacial score (nSPS) is 4.40. The second-order valence-corrected chi connectivity index (χ2v) is 0.525. The van der Waals surface area contributed by atoms with Crippen molar-refractivity contribution in [1.29, 1.82) is 0 Å². The maximum atomic E-state index is 7.09. The fraction of sp³-hybridized carbons (Fsp3) is 0. The van der Waals surface area contributed by atoms with Crippen LogP contribution in [0.2, 0.25) is 0 Å². The van der Waals surface area contributed by atoms with Crippen molar-refractivity contribution in [1.82, 2.24) is 0 Å². The van der Waals surface area contributed by atoms with Gasteiger partial charge in [-0.2, -0.15) is 3.84 Å². The Labute approximate surface area is 55.8 Å².